The van der Waals surface area contributed by atoms with Gasteiger partial charge in [0.1, 0.15) is 5.75 Å². The fourth-order valence-electron chi connectivity index (χ4n) is 3.06. The van der Waals surface area contributed by atoms with Crippen LogP contribution in [0.4, 0.5) is 0 Å². The maximum absolute atomic E-state index is 10.8. The minimum absolute atomic E-state index is 0.0857. The standard InChI is InChI=1S/C16H22Cl2N2O3/c1-19(10-15(21)22)13-3-5-20(6-4-13)9-11-7-12(17)8-14(18)16(11)23-2/h7-8,13H,3-6,9-10H2,1-2H3,(H,21,22). The summed E-state index contributed by atoms with van der Waals surface area (Å²) in [4.78, 5) is 15.0. The molecule has 0 atom stereocenters. The number of hydrogen-bond acceptors (Lipinski definition) is 4. The Hall–Kier alpha value is -1.01. The molecule has 1 aliphatic heterocycles. The highest BCUT2D eigenvalue weighted by molar-refractivity contribution is 6.35. The van der Waals surface area contributed by atoms with Crippen molar-refractivity contribution in [3.05, 3.63) is 27.7 Å². The third-order valence-electron chi connectivity index (χ3n) is 4.25. The van der Waals surface area contributed by atoms with Gasteiger partial charge in [-0.05, 0) is 45.1 Å². The van der Waals surface area contributed by atoms with Crippen molar-refractivity contribution in [2.45, 2.75) is 25.4 Å². The molecule has 1 aromatic rings. The Morgan fingerprint density at radius 3 is 2.61 bits per heavy atom. The van der Waals surface area contributed by atoms with Crippen molar-refractivity contribution < 1.29 is 14.6 Å². The molecule has 1 N–H and O–H groups in total. The maximum atomic E-state index is 10.8. The Balaban J connectivity index is 1.96. The van der Waals surface area contributed by atoms with Gasteiger partial charge in [0.15, 0.2) is 0 Å². The van der Waals surface area contributed by atoms with Gasteiger partial charge in [-0.2, -0.15) is 0 Å². The average molecular weight is 361 g/mol. The molecule has 2 rings (SSSR count). The van der Waals surface area contributed by atoms with E-state index in [1.165, 1.54) is 0 Å². The van der Waals surface area contributed by atoms with E-state index in [-0.39, 0.29) is 6.54 Å². The van der Waals surface area contributed by atoms with E-state index in [9.17, 15) is 4.79 Å². The number of carboxylic acids is 1. The van der Waals surface area contributed by atoms with Crippen LogP contribution in [0.15, 0.2) is 12.1 Å². The Labute approximate surface area is 146 Å². The van der Waals surface area contributed by atoms with Crippen LogP contribution in [0.5, 0.6) is 5.75 Å². The number of carboxylic acid groups (broad SMARTS) is 1. The first-order chi connectivity index (χ1) is 10.9. The van der Waals surface area contributed by atoms with E-state index in [1.807, 2.05) is 18.0 Å². The lowest BCUT2D eigenvalue weighted by Crippen LogP contribution is -2.44. The van der Waals surface area contributed by atoms with Crippen LogP contribution < -0.4 is 4.74 Å². The molecule has 0 aromatic heterocycles. The van der Waals surface area contributed by atoms with Crippen molar-refractivity contribution in [1.82, 2.24) is 9.80 Å². The molecule has 0 unspecified atom stereocenters. The van der Waals surface area contributed by atoms with Gasteiger partial charge in [0.25, 0.3) is 0 Å². The molecule has 23 heavy (non-hydrogen) atoms. The number of hydrogen-bond donors (Lipinski definition) is 1. The van der Waals surface area contributed by atoms with Crippen LogP contribution in [0.1, 0.15) is 18.4 Å². The molecule has 128 valence electrons. The number of likely N-dealkylation sites (tertiary alicyclic amines) is 1. The predicted molar refractivity (Wildman–Crippen MR) is 91.6 cm³/mol. The van der Waals surface area contributed by atoms with Crippen molar-refractivity contribution in [2.24, 2.45) is 0 Å². The quantitative estimate of drug-likeness (QED) is 0.844. The molecule has 0 aliphatic carbocycles. The molecule has 7 heteroatoms. The molecule has 1 aromatic carbocycles. The number of rotatable bonds is 6. The van der Waals surface area contributed by atoms with Gasteiger partial charge in [-0.1, -0.05) is 23.2 Å². The summed E-state index contributed by atoms with van der Waals surface area (Å²) in [6.07, 6.45) is 1.89. The topological polar surface area (TPSA) is 53.0 Å². The second-order valence-corrected chi connectivity index (χ2v) is 6.74. The SMILES string of the molecule is COc1c(Cl)cc(Cl)cc1CN1CCC(N(C)CC(=O)O)CC1. The van der Waals surface area contributed by atoms with Crippen LogP contribution in [0.3, 0.4) is 0 Å². The van der Waals surface area contributed by atoms with E-state index < -0.39 is 5.97 Å². The summed E-state index contributed by atoms with van der Waals surface area (Å²) in [6.45, 7) is 2.62. The fraction of sp³-hybridized carbons (Fsp3) is 0.562. The minimum Gasteiger partial charge on any atom is -0.495 e. The Morgan fingerprint density at radius 2 is 2.04 bits per heavy atom. The molecule has 1 aliphatic rings. The van der Waals surface area contributed by atoms with Gasteiger partial charge in [-0.25, -0.2) is 0 Å². The lowest BCUT2D eigenvalue weighted by Gasteiger charge is -2.36. The number of nitrogens with zero attached hydrogens (tertiary/aromatic N) is 2. The van der Waals surface area contributed by atoms with E-state index >= 15 is 0 Å². The molecular formula is C16H22Cl2N2O3. The molecule has 5 nitrogen and oxygen atoms in total. The summed E-state index contributed by atoms with van der Waals surface area (Å²) in [5.41, 5.74) is 0.974. The second kappa shape index (κ2) is 8.20. The molecule has 0 spiro atoms. The van der Waals surface area contributed by atoms with Crippen LogP contribution >= 0.6 is 23.2 Å². The lowest BCUT2D eigenvalue weighted by molar-refractivity contribution is -0.138. The molecule has 0 radical (unpaired) electrons. The third kappa shape index (κ3) is 4.98. The normalized spacial score (nSPS) is 16.7. The van der Waals surface area contributed by atoms with Gasteiger partial charge in [-0.15, -0.1) is 0 Å². The zero-order valence-corrected chi connectivity index (χ0v) is 14.9. The summed E-state index contributed by atoms with van der Waals surface area (Å²) in [5, 5.41) is 10.00. The van der Waals surface area contributed by atoms with E-state index in [0.717, 1.165) is 38.0 Å². The maximum Gasteiger partial charge on any atom is 0.317 e. The van der Waals surface area contributed by atoms with Gasteiger partial charge in [0.2, 0.25) is 0 Å². The molecule has 1 fully saturated rings. The Morgan fingerprint density at radius 1 is 1.39 bits per heavy atom. The van der Waals surface area contributed by atoms with Crippen molar-refractivity contribution in [3.63, 3.8) is 0 Å². The van der Waals surface area contributed by atoms with E-state index in [0.29, 0.717) is 21.8 Å². The Kier molecular flexibility index (Phi) is 6.53. The molecule has 1 saturated heterocycles. The van der Waals surface area contributed by atoms with Crippen LogP contribution in [0, 0.1) is 0 Å². The highest BCUT2D eigenvalue weighted by Crippen LogP contribution is 2.33. The fourth-order valence-corrected chi connectivity index (χ4v) is 3.67. The van der Waals surface area contributed by atoms with Gasteiger partial charge in [0.05, 0.1) is 18.7 Å². The molecular weight excluding hydrogens is 339 g/mol. The number of halogens is 2. The zero-order chi connectivity index (χ0) is 17.0. The van der Waals surface area contributed by atoms with Gasteiger partial charge >= 0.3 is 5.97 Å². The van der Waals surface area contributed by atoms with Crippen molar-refractivity contribution in [3.8, 4) is 5.75 Å². The van der Waals surface area contributed by atoms with Crippen LogP contribution in [-0.2, 0) is 11.3 Å². The number of likely N-dealkylation sites (N-methyl/N-ethyl adjacent to an activating group) is 1. The molecule has 1 heterocycles. The van der Waals surface area contributed by atoms with Gasteiger partial charge in [-0.3, -0.25) is 14.6 Å². The van der Waals surface area contributed by atoms with Crippen LogP contribution in [-0.4, -0.2) is 60.7 Å². The third-order valence-corrected chi connectivity index (χ3v) is 4.75. The number of benzene rings is 1. The van der Waals surface area contributed by atoms with Gasteiger partial charge < -0.3 is 9.84 Å². The molecule has 0 bridgehead atoms. The summed E-state index contributed by atoms with van der Waals surface area (Å²) in [6, 6.07) is 3.88. The van der Waals surface area contributed by atoms with Crippen LogP contribution in [0.25, 0.3) is 0 Å². The minimum atomic E-state index is -0.784. The summed E-state index contributed by atoms with van der Waals surface area (Å²) < 4.78 is 5.39. The predicted octanol–water partition coefficient (Wildman–Crippen LogP) is 2.98. The summed E-state index contributed by atoms with van der Waals surface area (Å²) >= 11 is 12.3. The van der Waals surface area contributed by atoms with Crippen molar-refractivity contribution >= 4 is 29.2 Å². The Bertz CT molecular complexity index is 561. The largest absolute Gasteiger partial charge is 0.495 e. The van der Waals surface area contributed by atoms with Gasteiger partial charge in [0, 0.05) is 23.2 Å². The van der Waals surface area contributed by atoms with Crippen molar-refractivity contribution in [1.29, 1.82) is 0 Å². The van der Waals surface area contributed by atoms with E-state index in [2.05, 4.69) is 4.90 Å². The average Bonchev–Trinajstić information content (AvgIpc) is 2.47. The molecule has 0 amide bonds. The smallest absolute Gasteiger partial charge is 0.317 e. The zero-order valence-electron chi connectivity index (χ0n) is 13.4. The monoisotopic (exact) mass is 360 g/mol. The highest BCUT2D eigenvalue weighted by Gasteiger charge is 2.24. The first-order valence-electron chi connectivity index (χ1n) is 7.57. The first-order valence-corrected chi connectivity index (χ1v) is 8.32. The van der Waals surface area contributed by atoms with E-state index in [1.54, 1.807) is 13.2 Å². The van der Waals surface area contributed by atoms with Crippen molar-refractivity contribution in [2.75, 3.05) is 33.8 Å². The number of aliphatic carboxylic acids is 1. The van der Waals surface area contributed by atoms with E-state index in [4.69, 9.17) is 33.0 Å². The number of ether oxygens (including phenoxy) is 1. The van der Waals surface area contributed by atoms with Crippen LogP contribution in [0.2, 0.25) is 10.0 Å². The number of methoxy groups -OCH3 is 1. The molecule has 0 saturated carbocycles. The lowest BCUT2D eigenvalue weighted by atomic mass is 10.0. The second-order valence-electron chi connectivity index (χ2n) is 5.90. The summed E-state index contributed by atoms with van der Waals surface area (Å²) in [5.74, 6) is -0.116. The first kappa shape index (κ1) is 18.3. The highest BCUT2D eigenvalue weighted by atomic mass is 35.5. The number of carbonyl (C=O) groups is 1. The summed E-state index contributed by atoms with van der Waals surface area (Å²) in [7, 11) is 3.47. The number of piperidine rings is 1.